The molecule has 2 rings (SSSR count). The van der Waals surface area contributed by atoms with Crippen LogP contribution >= 0.6 is 0 Å². The van der Waals surface area contributed by atoms with Crippen LogP contribution in [0.5, 0.6) is 0 Å². The number of carbonyl (C=O) groups is 2. The van der Waals surface area contributed by atoms with Crippen LogP contribution in [0.4, 0.5) is 10.5 Å². The molecule has 0 atom stereocenters. The number of aromatic nitrogens is 1. The normalized spacial score (nSPS) is 10.1. The molecule has 0 aliphatic rings. The summed E-state index contributed by atoms with van der Waals surface area (Å²) in [6.07, 6.45) is 0. The molecule has 7 heteroatoms. The number of hydrogen-bond donors (Lipinski definition) is 3. The Labute approximate surface area is 114 Å². The van der Waals surface area contributed by atoms with E-state index in [0.717, 1.165) is 0 Å². The number of urea groups is 1. The Kier molecular flexibility index (Phi) is 3.99. The van der Waals surface area contributed by atoms with Gasteiger partial charge in [0.05, 0.1) is 12.1 Å². The summed E-state index contributed by atoms with van der Waals surface area (Å²) in [5.74, 6) is -0.339. The predicted molar refractivity (Wildman–Crippen MR) is 70.5 cm³/mol. The van der Waals surface area contributed by atoms with Crippen molar-refractivity contribution in [2.24, 2.45) is 0 Å². The van der Waals surface area contributed by atoms with Gasteiger partial charge < -0.3 is 20.3 Å². The number of carboxylic acid groups (broad SMARTS) is 1. The quantitative estimate of drug-likeness (QED) is 0.791. The minimum Gasteiger partial charge on any atom is -0.478 e. The highest BCUT2D eigenvalue weighted by atomic mass is 16.5. The molecule has 0 bridgehead atoms. The van der Waals surface area contributed by atoms with E-state index in [1.807, 2.05) is 0 Å². The van der Waals surface area contributed by atoms with Gasteiger partial charge in [-0.1, -0.05) is 5.16 Å². The van der Waals surface area contributed by atoms with Gasteiger partial charge in [0, 0.05) is 11.8 Å². The Hall–Kier alpha value is -2.83. The first-order valence-electron chi connectivity index (χ1n) is 5.85. The fourth-order valence-corrected chi connectivity index (χ4v) is 1.54. The number of nitrogens with zero attached hydrogens (tertiary/aromatic N) is 1. The summed E-state index contributed by atoms with van der Waals surface area (Å²) in [6, 6.07) is 7.18. The van der Waals surface area contributed by atoms with Crippen molar-refractivity contribution in [1.29, 1.82) is 0 Å². The highest BCUT2D eigenvalue weighted by Crippen LogP contribution is 2.09. The standard InChI is InChI=1S/C13H13N3O4/c1-8-6-11(16-20-8)7-14-13(19)15-10-4-2-9(3-5-10)12(17)18/h2-6H,7H2,1H3,(H,17,18)(H2,14,15,19). The van der Waals surface area contributed by atoms with Crippen LogP contribution in [0.15, 0.2) is 34.9 Å². The molecular weight excluding hydrogens is 262 g/mol. The molecule has 7 nitrogen and oxygen atoms in total. The highest BCUT2D eigenvalue weighted by Gasteiger charge is 2.06. The molecule has 1 aromatic heterocycles. The number of hydrogen-bond acceptors (Lipinski definition) is 4. The van der Waals surface area contributed by atoms with E-state index in [0.29, 0.717) is 17.1 Å². The van der Waals surface area contributed by atoms with Crippen molar-refractivity contribution in [2.75, 3.05) is 5.32 Å². The van der Waals surface area contributed by atoms with Gasteiger partial charge in [-0.05, 0) is 31.2 Å². The van der Waals surface area contributed by atoms with E-state index in [1.165, 1.54) is 24.3 Å². The van der Waals surface area contributed by atoms with Crippen molar-refractivity contribution in [3.05, 3.63) is 47.3 Å². The molecule has 0 unspecified atom stereocenters. The molecule has 0 fully saturated rings. The molecule has 2 aromatic rings. The summed E-state index contributed by atoms with van der Waals surface area (Å²) in [5.41, 5.74) is 1.29. The van der Waals surface area contributed by atoms with Gasteiger partial charge in [0.1, 0.15) is 11.5 Å². The molecule has 2 amide bonds. The SMILES string of the molecule is Cc1cc(CNC(=O)Nc2ccc(C(=O)O)cc2)no1. The Bertz CT molecular complexity index is 619. The lowest BCUT2D eigenvalue weighted by Gasteiger charge is -2.06. The van der Waals surface area contributed by atoms with Crippen LogP contribution in [0, 0.1) is 6.92 Å². The van der Waals surface area contributed by atoms with E-state index in [1.54, 1.807) is 13.0 Å². The van der Waals surface area contributed by atoms with Crippen LogP contribution in [0.2, 0.25) is 0 Å². The molecule has 0 aliphatic heterocycles. The summed E-state index contributed by atoms with van der Waals surface area (Å²) in [5, 5.41) is 17.7. The van der Waals surface area contributed by atoms with E-state index in [4.69, 9.17) is 9.63 Å². The Balaban J connectivity index is 1.86. The van der Waals surface area contributed by atoms with Crippen LogP contribution in [-0.2, 0) is 6.54 Å². The number of aryl methyl sites for hydroxylation is 1. The third kappa shape index (κ3) is 3.58. The molecule has 0 saturated heterocycles. The van der Waals surface area contributed by atoms with Crippen LogP contribution < -0.4 is 10.6 Å². The number of aromatic carboxylic acids is 1. The zero-order chi connectivity index (χ0) is 14.5. The number of nitrogens with one attached hydrogen (secondary N) is 2. The van der Waals surface area contributed by atoms with Crippen molar-refractivity contribution in [2.45, 2.75) is 13.5 Å². The molecule has 20 heavy (non-hydrogen) atoms. The zero-order valence-corrected chi connectivity index (χ0v) is 10.7. The van der Waals surface area contributed by atoms with Gasteiger partial charge in [-0.25, -0.2) is 9.59 Å². The van der Waals surface area contributed by atoms with E-state index >= 15 is 0 Å². The molecule has 0 aliphatic carbocycles. The average Bonchev–Trinajstić information content (AvgIpc) is 2.83. The maximum Gasteiger partial charge on any atom is 0.335 e. The molecular formula is C13H13N3O4. The van der Waals surface area contributed by atoms with Gasteiger partial charge >= 0.3 is 12.0 Å². The smallest absolute Gasteiger partial charge is 0.335 e. The Morgan fingerprint density at radius 1 is 1.30 bits per heavy atom. The fraction of sp³-hybridized carbons (Fsp3) is 0.154. The second kappa shape index (κ2) is 5.87. The monoisotopic (exact) mass is 275 g/mol. The van der Waals surface area contributed by atoms with E-state index in [9.17, 15) is 9.59 Å². The van der Waals surface area contributed by atoms with Crippen LogP contribution in [0.1, 0.15) is 21.8 Å². The van der Waals surface area contributed by atoms with Crippen molar-refractivity contribution in [3.63, 3.8) is 0 Å². The molecule has 1 heterocycles. The van der Waals surface area contributed by atoms with Crippen molar-refractivity contribution >= 4 is 17.7 Å². The molecule has 0 saturated carbocycles. The lowest BCUT2D eigenvalue weighted by atomic mass is 10.2. The summed E-state index contributed by atoms with van der Waals surface area (Å²) < 4.78 is 4.87. The van der Waals surface area contributed by atoms with Gasteiger partial charge in [0.2, 0.25) is 0 Å². The van der Waals surface area contributed by atoms with Gasteiger partial charge in [-0.2, -0.15) is 0 Å². The zero-order valence-electron chi connectivity index (χ0n) is 10.7. The first-order valence-corrected chi connectivity index (χ1v) is 5.85. The topological polar surface area (TPSA) is 104 Å². The number of amides is 2. The first kappa shape index (κ1) is 13.6. The van der Waals surface area contributed by atoms with E-state index in [-0.39, 0.29) is 12.1 Å². The molecule has 104 valence electrons. The number of rotatable bonds is 4. The number of anilines is 1. The largest absolute Gasteiger partial charge is 0.478 e. The van der Waals surface area contributed by atoms with E-state index < -0.39 is 12.0 Å². The number of carboxylic acids is 1. The average molecular weight is 275 g/mol. The maximum atomic E-state index is 11.6. The second-order valence-corrected chi connectivity index (χ2v) is 4.12. The van der Waals surface area contributed by atoms with Crippen LogP contribution in [0.3, 0.4) is 0 Å². The Morgan fingerprint density at radius 2 is 2.00 bits per heavy atom. The summed E-state index contributed by atoms with van der Waals surface area (Å²) in [6.45, 7) is 2.01. The molecule has 0 spiro atoms. The molecule has 0 radical (unpaired) electrons. The summed E-state index contributed by atoms with van der Waals surface area (Å²) >= 11 is 0. The number of benzene rings is 1. The minimum atomic E-state index is -1.01. The third-order valence-electron chi connectivity index (χ3n) is 2.50. The maximum absolute atomic E-state index is 11.6. The fourth-order valence-electron chi connectivity index (χ4n) is 1.54. The lowest BCUT2D eigenvalue weighted by molar-refractivity contribution is 0.0697. The first-order chi connectivity index (χ1) is 9.54. The summed E-state index contributed by atoms with van der Waals surface area (Å²) in [7, 11) is 0. The van der Waals surface area contributed by atoms with Gasteiger partial charge in [-0.15, -0.1) is 0 Å². The van der Waals surface area contributed by atoms with Gasteiger partial charge in [-0.3, -0.25) is 0 Å². The predicted octanol–water partition coefficient (Wildman–Crippen LogP) is 2.00. The van der Waals surface area contributed by atoms with Crippen molar-refractivity contribution in [1.82, 2.24) is 10.5 Å². The van der Waals surface area contributed by atoms with Crippen LogP contribution in [0.25, 0.3) is 0 Å². The summed E-state index contributed by atoms with van der Waals surface area (Å²) in [4.78, 5) is 22.3. The van der Waals surface area contributed by atoms with E-state index in [2.05, 4.69) is 15.8 Å². The lowest BCUT2D eigenvalue weighted by Crippen LogP contribution is -2.28. The second-order valence-electron chi connectivity index (χ2n) is 4.12. The highest BCUT2D eigenvalue weighted by molar-refractivity contribution is 5.91. The number of carbonyl (C=O) groups excluding carboxylic acids is 1. The van der Waals surface area contributed by atoms with Crippen LogP contribution in [-0.4, -0.2) is 22.3 Å². The van der Waals surface area contributed by atoms with Crippen molar-refractivity contribution in [3.8, 4) is 0 Å². The third-order valence-corrected chi connectivity index (χ3v) is 2.50. The Morgan fingerprint density at radius 3 is 2.55 bits per heavy atom. The molecule has 1 aromatic carbocycles. The minimum absolute atomic E-state index is 0.161. The van der Waals surface area contributed by atoms with Crippen molar-refractivity contribution < 1.29 is 19.2 Å². The van der Waals surface area contributed by atoms with Gasteiger partial charge in [0.25, 0.3) is 0 Å². The molecule has 3 N–H and O–H groups in total. The van der Waals surface area contributed by atoms with Gasteiger partial charge in [0.15, 0.2) is 0 Å².